The van der Waals surface area contributed by atoms with Crippen LogP contribution in [0.25, 0.3) is 0 Å². The predicted octanol–water partition coefficient (Wildman–Crippen LogP) is 2.70. The fraction of sp³-hybridized carbons (Fsp3) is 0.571. The second kappa shape index (κ2) is 6.81. The van der Waals surface area contributed by atoms with Crippen molar-refractivity contribution in [2.24, 2.45) is 0 Å². The number of hydrogen-bond donors (Lipinski definition) is 1. The normalized spacial score (nSPS) is 11.6. The van der Waals surface area contributed by atoms with Gasteiger partial charge in [0.05, 0.1) is 0 Å². The molecule has 2 nitrogen and oxygen atoms in total. The highest BCUT2D eigenvalue weighted by Crippen LogP contribution is 2.15. The lowest BCUT2D eigenvalue weighted by Gasteiger charge is -2.18. The van der Waals surface area contributed by atoms with Crippen LogP contribution in [0.3, 0.4) is 0 Å². The summed E-state index contributed by atoms with van der Waals surface area (Å²) in [5, 5.41) is 3.30. The Morgan fingerprint density at radius 2 is 1.89 bits per heavy atom. The topological polar surface area (TPSA) is 15.3 Å². The van der Waals surface area contributed by atoms with Gasteiger partial charge in [-0.05, 0) is 25.6 Å². The number of halogens is 2. The summed E-state index contributed by atoms with van der Waals surface area (Å²) in [6, 6.07) is 2.99. The molecule has 1 rings (SSSR count). The number of nitrogens with one attached hydrogen (secondary N) is 1. The van der Waals surface area contributed by atoms with Crippen LogP contribution in [0, 0.1) is 18.6 Å². The maximum atomic E-state index is 13.6. The molecule has 1 N–H and O–H groups in total. The Hall–Kier alpha value is -1.00. The Morgan fingerprint density at radius 1 is 1.22 bits per heavy atom. The van der Waals surface area contributed by atoms with E-state index in [0.29, 0.717) is 23.7 Å². The van der Waals surface area contributed by atoms with Gasteiger partial charge >= 0.3 is 0 Å². The van der Waals surface area contributed by atoms with E-state index in [0.717, 1.165) is 19.2 Å². The van der Waals surface area contributed by atoms with Crippen LogP contribution in [-0.2, 0) is 6.54 Å². The Balaban J connectivity index is 2.54. The molecule has 0 saturated heterocycles. The summed E-state index contributed by atoms with van der Waals surface area (Å²) in [7, 11) is 1.93. The summed E-state index contributed by atoms with van der Waals surface area (Å²) in [6.07, 6.45) is 0. The summed E-state index contributed by atoms with van der Waals surface area (Å²) in [6.45, 7) is 8.00. The van der Waals surface area contributed by atoms with Crippen LogP contribution in [0.2, 0.25) is 0 Å². The van der Waals surface area contributed by atoms with Crippen LogP contribution >= 0.6 is 0 Å². The van der Waals surface area contributed by atoms with Gasteiger partial charge in [0, 0.05) is 37.3 Å². The van der Waals surface area contributed by atoms with Gasteiger partial charge in [-0.1, -0.05) is 13.8 Å². The Bertz CT molecular complexity index is 392. The lowest BCUT2D eigenvalue weighted by molar-refractivity contribution is 0.314. The van der Waals surface area contributed by atoms with E-state index in [1.54, 1.807) is 13.0 Å². The molecular weight excluding hydrogens is 234 g/mol. The molecular formula is C14H22F2N2. The van der Waals surface area contributed by atoms with Gasteiger partial charge in [0.1, 0.15) is 11.6 Å². The largest absolute Gasteiger partial charge is 0.313 e. The summed E-state index contributed by atoms with van der Waals surface area (Å²) in [5.74, 6) is -0.956. The molecule has 1 aromatic carbocycles. The first-order chi connectivity index (χ1) is 8.40. The monoisotopic (exact) mass is 256 g/mol. The van der Waals surface area contributed by atoms with Gasteiger partial charge < -0.3 is 10.2 Å². The van der Waals surface area contributed by atoms with Gasteiger partial charge in [-0.15, -0.1) is 0 Å². The maximum absolute atomic E-state index is 13.6. The average molecular weight is 256 g/mol. The molecule has 0 amide bonds. The van der Waals surface area contributed by atoms with Crippen LogP contribution < -0.4 is 5.32 Å². The van der Waals surface area contributed by atoms with E-state index in [4.69, 9.17) is 0 Å². The summed E-state index contributed by atoms with van der Waals surface area (Å²) < 4.78 is 26.7. The zero-order valence-electron chi connectivity index (χ0n) is 11.6. The SMILES string of the molecule is Cc1cc(CN(C)CCNC(C)C)c(F)cc1F. The fourth-order valence-electron chi connectivity index (χ4n) is 1.75. The second-order valence-corrected chi connectivity index (χ2v) is 5.04. The molecule has 1 aromatic rings. The smallest absolute Gasteiger partial charge is 0.130 e. The molecule has 0 heterocycles. The number of nitrogens with zero attached hydrogens (tertiary/aromatic N) is 1. The molecule has 0 aromatic heterocycles. The third kappa shape index (κ3) is 4.70. The van der Waals surface area contributed by atoms with Gasteiger partial charge in [-0.2, -0.15) is 0 Å². The van der Waals surface area contributed by atoms with Crippen molar-refractivity contribution in [3.8, 4) is 0 Å². The van der Waals surface area contributed by atoms with Crippen molar-refractivity contribution in [1.82, 2.24) is 10.2 Å². The molecule has 0 saturated carbocycles. The van der Waals surface area contributed by atoms with Gasteiger partial charge in [0.2, 0.25) is 0 Å². The van der Waals surface area contributed by atoms with E-state index in [9.17, 15) is 8.78 Å². The predicted molar refractivity (Wildman–Crippen MR) is 70.6 cm³/mol. The number of benzene rings is 1. The van der Waals surface area contributed by atoms with E-state index in [2.05, 4.69) is 19.2 Å². The zero-order chi connectivity index (χ0) is 13.7. The maximum Gasteiger partial charge on any atom is 0.130 e. The van der Waals surface area contributed by atoms with Crippen molar-refractivity contribution in [2.45, 2.75) is 33.4 Å². The zero-order valence-corrected chi connectivity index (χ0v) is 11.6. The molecule has 0 atom stereocenters. The van der Waals surface area contributed by atoms with Gasteiger partial charge in [0.15, 0.2) is 0 Å². The molecule has 0 radical (unpaired) electrons. The molecule has 0 aliphatic heterocycles. The van der Waals surface area contributed by atoms with E-state index < -0.39 is 11.6 Å². The first-order valence-corrected chi connectivity index (χ1v) is 6.26. The molecule has 0 spiro atoms. The van der Waals surface area contributed by atoms with Crippen molar-refractivity contribution in [2.75, 3.05) is 20.1 Å². The van der Waals surface area contributed by atoms with Gasteiger partial charge in [-0.3, -0.25) is 0 Å². The van der Waals surface area contributed by atoms with E-state index >= 15 is 0 Å². The highest BCUT2D eigenvalue weighted by Gasteiger charge is 2.09. The number of likely N-dealkylation sites (N-methyl/N-ethyl adjacent to an activating group) is 1. The van der Waals surface area contributed by atoms with Crippen LogP contribution in [-0.4, -0.2) is 31.1 Å². The van der Waals surface area contributed by atoms with Crippen molar-refractivity contribution < 1.29 is 8.78 Å². The Labute approximate surface area is 108 Å². The highest BCUT2D eigenvalue weighted by molar-refractivity contribution is 5.25. The van der Waals surface area contributed by atoms with E-state index in [1.807, 2.05) is 11.9 Å². The number of rotatable bonds is 6. The van der Waals surface area contributed by atoms with Crippen LogP contribution in [0.1, 0.15) is 25.0 Å². The first kappa shape index (κ1) is 15.1. The minimum absolute atomic E-state index is 0.447. The molecule has 0 aliphatic carbocycles. The summed E-state index contributed by atoms with van der Waals surface area (Å²) in [5.41, 5.74) is 1.03. The van der Waals surface area contributed by atoms with Crippen molar-refractivity contribution in [3.05, 3.63) is 34.9 Å². The van der Waals surface area contributed by atoms with Gasteiger partial charge in [0.25, 0.3) is 0 Å². The summed E-state index contributed by atoms with van der Waals surface area (Å²) in [4.78, 5) is 2.02. The second-order valence-electron chi connectivity index (χ2n) is 5.04. The molecule has 18 heavy (non-hydrogen) atoms. The van der Waals surface area contributed by atoms with Gasteiger partial charge in [-0.25, -0.2) is 8.78 Å². The number of hydrogen-bond acceptors (Lipinski definition) is 2. The minimum Gasteiger partial charge on any atom is -0.313 e. The highest BCUT2D eigenvalue weighted by atomic mass is 19.1. The van der Waals surface area contributed by atoms with Crippen LogP contribution in [0.5, 0.6) is 0 Å². The molecule has 102 valence electrons. The lowest BCUT2D eigenvalue weighted by Crippen LogP contribution is -2.32. The molecule has 0 unspecified atom stereocenters. The van der Waals surface area contributed by atoms with Crippen molar-refractivity contribution in [3.63, 3.8) is 0 Å². The molecule has 0 aliphatic rings. The molecule has 0 fully saturated rings. The van der Waals surface area contributed by atoms with E-state index in [-0.39, 0.29) is 0 Å². The standard InChI is InChI=1S/C14H22F2N2/c1-10(2)17-5-6-18(4)9-12-7-11(3)13(15)8-14(12)16/h7-8,10,17H,5-6,9H2,1-4H3. The van der Waals surface area contributed by atoms with Crippen molar-refractivity contribution in [1.29, 1.82) is 0 Å². The molecule has 4 heteroatoms. The minimum atomic E-state index is -0.486. The van der Waals surface area contributed by atoms with Crippen LogP contribution in [0.15, 0.2) is 12.1 Å². The third-order valence-corrected chi connectivity index (χ3v) is 2.81. The van der Waals surface area contributed by atoms with Crippen molar-refractivity contribution >= 4 is 0 Å². The Morgan fingerprint density at radius 3 is 2.50 bits per heavy atom. The quantitative estimate of drug-likeness (QED) is 0.842. The average Bonchev–Trinajstić information content (AvgIpc) is 2.25. The van der Waals surface area contributed by atoms with Crippen LogP contribution in [0.4, 0.5) is 8.78 Å². The van der Waals surface area contributed by atoms with E-state index in [1.165, 1.54) is 0 Å². The molecule has 0 bridgehead atoms. The fourth-order valence-corrected chi connectivity index (χ4v) is 1.75. The third-order valence-electron chi connectivity index (χ3n) is 2.81. The number of aryl methyl sites for hydroxylation is 1. The summed E-state index contributed by atoms with van der Waals surface area (Å²) >= 11 is 0. The lowest BCUT2D eigenvalue weighted by atomic mass is 10.1. The Kier molecular flexibility index (Phi) is 5.69. The first-order valence-electron chi connectivity index (χ1n) is 6.26.